The van der Waals surface area contributed by atoms with Gasteiger partial charge < -0.3 is 5.32 Å². The first-order valence-corrected chi connectivity index (χ1v) is 12.2. The molecule has 0 atom stereocenters. The van der Waals surface area contributed by atoms with Crippen molar-refractivity contribution in [3.63, 3.8) is 0 Å². The van der Waals surface area contributed by atoms with Crippen LogP contribution in [-0.4, -0.2) is 19.3 Å². The van der Waals surface area contributed by atoms with E-state index in [0.717, 1.165) is 41.2 Å². The van der Waals surface area contributed by atoms with Crippen LogP contribution in [0.2, 0.25) is 0 Å². The van der Waals surface area contributed by atoms with E-state index < -0.39 is 0 Å². The summed E-state index contributed by atoms with van der Waals surface area (Å²) in [4.78, 5) is 22.5. The van der Waals surface area contributed by atoms with Crippen LogP contribution in [0, 0.1) is 0 Å². The minimum Gasteiger partial charge on any atom is -0.340 e. The molecule has 6 heteroatoms. The van der Waals surface area contributed by atoms with Crippen LogP contribution in [0.1, 0.15) is 70.3 Å². The van der Waals surface area contributed by atoms with Gasteiger partial charge in [0, 0.05) is 41.3 Å². The van der Waals surface area contributed by atoms with Crippen molar-refractivity contribution in [1.82, 2.24) is 19.3 Å². The lowest BCUT2D eigenvalue weighted by Gasteiger charge is -2.21. The van der Waals surface area contributed by atoms with Crippen LogP contribution in [0.15, 0.2) is 53.6 Å². The number of fused-ring (bicyclic) bond motifs is 2. The van der Waals surface area contributed by atoms with Crippen LogP contribution in [0.4, 0.5) is 11.5 Å². The summed E-state index contributed by atoms with van der Waals surface area (Å²) in [6.07, 6.45) is 8.33. The molecule has 176 valence electrons. The Balaban J connectivity index is 1.63. The van der Waals surface area contributed by atoms with Gasteiger partial charge in [0.2, 0.25) is 0 Å². The van der Waals surface area contributed by atoms with Gasteiger partial charge >= 0.3 is 0 Å². The van der Waals surface area contributed by atoms with Crippen molar-refractivity contribution in [3.8, 4) is 5.69 Å². The first-order chi connectivity index (χ1) is 16.2. The van der Waals surface area contributed by atoms with E-state index in [1.165, 1.54) is 24.0 Å². The highest BCUT2D eigenvalue weighted by Crippen LogP contribution is 2.28. The number of nitrogens with zero attached hydrogens (tertiary/aromatic N) is 4. The van der Waals surface area contributed by atoms with Gasteiger partial charge in [-0.3, -0.25) is 9.78 Å². The maximum atomic E-state index is 13.3. The van der Waals surface area contributed by atoms with Gasteiger partial charge in [-0.05, 0) is 74.9 Å². The predicted octanol–water partition coefficient (Wildman–Crippen LogP) is 6.08. The van der Waals surface area contributed by atoms with E-state index in [2.05, 4.69) is 60.3 Å². The molecule has 0 aliphatic heterocycles. The molecule has 0 spiro atoms. The Hall–Kier alpha value is -3.41. The van der Waals surface area contributed by atoms with Crippen LogP contribution in [0.25, 0.3) is 16.6 Å². The molecule has 0 saturated heterocycles. The van der Waals surface area contributed by atoms with Crippen molar-refractivity contribution >= 4 is 22.4 Å². The van der Waals surface area contributed by atoms with Gasteiger partial charge in [0.15, 0.2) is 0 Å². The van der Waals surface area contributed by atoms with Crippen molar-refractivity contribution in [2.45, 2.75) is 71.8 Å². The number of anilines is 2. The fourth-order valence-corrected chi connectivity index (χ4v) is 4.83. The number of hydrogen-bond acceptors (Lipinski definition) is 4. The lowest BCUT2D eigenvalue weighted by Crippen LogP contribution is -2.24. The van der Waals surface area contributed by atoms with E-state index >= 15 is 0 Å². The minimum atomic E-state index is -0.0946. The molecule has 1 aliphatic carbocycles. The molecule has 0 amide bonds. The Morgan fingerprint density at radius 1 is 0.971 bits per heavy atom. The van der Waals surface area contributed by atoms with Gasteiger partial charge in [0.25, 0.3) is 5.56 Å². The molecule has 3 heterocycles. The molecule has 0 saturated carbocycles. The van der Waals surface area contributed by atoms with Gasteiger partial charge in [0.05, 0.1) is 16.6 Å². The summed E-state index contributed by atoms with van der Waals surface area (Å²) in [7, 11) is 0. The summed E-state index contributed by atoms with van der Waals surface area (Å²) >= 11 is 0. The molecule has 3 aromatic heterocycles. The van der Waals surface area contributed by atoms with Crippen molar-refractivity contribution in [2.75, 3.05) is 5.32 Å². The Morgan fingerprint density at radius 3 is 2.47 bits per heavy atom. The zero-order chi connectivity index (χ0) is 24.0. The topological polar surface area (TPSA) is 64.7 Å². The van der Waals surface area contributed by atoms with Gasteiger partial charge in [0.1, 0.15) is 5.82 Å². The third-order valence-corrected chi connectivity index (χ3v) is 6.63. The highest BCUT2D eigenvalue weighted by Gasteiger charge is 2.21. The summed E-state index contributed by atoms with van der Waals surface area (Å²) in [6.45, 7) is 10.5. The number of nitrogens with one attached hydrogen (secondary N) is 1. The Labute approximate surface area is 200 Å². The van der Waals surface area contributed by atoms with Crippen LogP contribution in [0.5, 0.6) is 0 Å². The summed E-state index contributed by atoms with van der Waals surface area (Å²) in [5.74, 6) is 0.725. The lowest BCUT2D eigenvalue weighted by molar-refractivity contribution is 0.476. The fourth-order valence-electron chi connectivity index (χ4n) is 4.83. The van der Waals surface area contributed by atoms with E-state index in [9.17, 15) is 4.79 Å². The molecule has 1 aromatic carbocycles. The molecule has 0 bridgehead atoms. The molecular formula is C28H33N5O. The van der Waals surface area contributed by atoms with Crippen LogP contribution >= 0.6 is 0 Å². The van der Waals surface area contributed by atoms with E-state index in [-0.39, 0.29) is 17.0 Å². The van der Waals surface area contributed by atoms with E-state index in [1.807, 2.05) is 36.9 Å². The van der Waals surface area contributed by atoms with Gasteiger partial charge in [-0.15, -0.1) is 0 Å². The second-order valence-electron chi connectivity index (χ2n) is 10.6. The maximum Gasteiger partial charge on any atom is 0.276 e. The van der Waals surface area contributed by atoms with Crippen molar-refractivity contribution in [3.05, 3.63) is 76.0 Å². The molecule has 0 unspecified atom stereocenters. The Bertz CT molecular complexity index is 1420. The average molecular weight is 456 g/mol. The summed E-state index contributed by atoms with van der Waals surface area (Å²) in [6, 6.07) is 12.6. The number of benzene rings is 1. The number of hydrogen-bond donors (Lipinski definition) is 1. The third kappa shape index (κ3) is 4.02. The Kier molecular flexibility index (Phi) is 5.54. The smallest absolute Gasteiger partial charge is 0.276 e. The van der Waals surface area contributed by atoms with Crippen LogP contribution < -0.4 is 10.9 Å². The van der Waals surface area contributed by atoms with Gasteiger partial charge in [-0.25, -0.2) is 14.3 Å². The zero-order valence-corrected chi connectivity index (χ0v) is 20.7. The van der Waals surface area contributed by atoms with Crippen LogP contribution in [-0.2, 0) is 18.3 Å². The quantitative estimate of drug-likeness (QED) is 0.405. The van der Waals surface area contributed by atoms with Crippen molar-refractivity contribution in [1.29, 1.82) is 0 Å². The number of rotatable bonds is 4. The number of aromatic nitrogens is 4. The molecule has 0 fully saturated rings. The molecule has 6 nitrogen and oxygen atoms in total. The zero-order valence-electron chi connectivity index (χ0n) is 20.7. The SMILES string of the molecule is CC(C)n1c(=O)c2cnc(Nc3ccc4c(c3)CCCC4)cc2n1-c1ccnc(C(C)(C)C)c1. The average Bonchev–Trinajstić information content (AvgIpc) is 3.10. The fraction of sp³-hybridized carbons (Fsp3) is 0.393. The van der Waals surface area contributed by atoms with Crippen molar-refractivity contribution < 1.29 is 0 Å². The standard InChI is InChI=1S/C28H33N5O/c1-18(2)32-27(34)23-17-30-26(31-21-11-10-19-8-6-7-9-20(19)14-21)16-24(23)33(32)22-12-13-29-25(15-22)28(3,4)5/h10-18H,6-9H2,1-5H3,(H,30,31). The second kappa shape index (κ2) is 8.42. The first kappa shape index (κ1) is 22.4. The highest BCUT2D eigenvalue weighted by atomic mass is 16.1. The first-order valence-electron chi connectivity index (χ1n) is 12.2. The van der Waals surface area contributed by atoms with Gasteiger partial charge in [-0.1, -0.05) is 26.8 Å². The summed E-state index contributed by atoms with van der Waals surface area (Å²) in [5, 5.41) is 4.08. The molecular weight excluding hydrogens is 422 g/mol. The van der Waals surface area contributed by atoms with Gasteiger partial charge in [-0.2, -0.15) is 0 Å². The molecule has 1 N–H and O–H groups in total. The lowest BCUT2D eigenvalue weighted by atomic mass is 9.91. The van der Waals surface area contributed by atoms with Crippen molar-refractivity contribution in [2.24, 2.45) is 0 Å². The summed E-state index contributed by atoms with van der Waals surface area (Å²) < 4.78 is 3.82. The second-order valence-corrected chi connectivity index (χ2v) is 10.6. The third-order valence-electron chi connectivity index (χ3n) is 6.63. The number of pyridine rings is 2. The largest absolute Gasteiger partial charge is 0.340 e. The Morgan fingerprint density at radius 2 is 1.74 bits per heavy atom. The van der Waals surface area contributed by atoms with Crippen LogP contribution in [0.3, 0.4) is 0 Å². The van der Waals surface area contributed by atoms with E-state index in [4.69, 9.17) is 0 Å². The monoisotopic (exact) mass is 455 g/mol. The summed E-state index contributed by atoms with van der Waals surface area (Å²) in [5.41, 5.74) is 6.52. The van der Waals surface area contributed by atoms with E-state index in [1.54, 1.807) is 10.9 Å². The molecule has 34 heavy (non-hydrogen) atoms. The highest BCUT2D eigenvalue weighted by molar-refractivity contribution is 5.83. The predicted molar refractivity (Wildman–Crippen MR) is 139 cm³/mol. The maximum absolute atomic E-state index is 13.3. The minimum absolute atomic E-state index is 0.0109. The molecule has 0 radical (unpaired) electrons. The molecule has 4 aromatic rings. The van der Waals surface area contributed by atoms with E-state index in [0.29, 0.717) is 5.39 Å². The molecule has 5 rings (SSSR count). The number of aryl methyl sites for hydroxylation is 2. The molecule has 1 aliphatic rings. The normalized spacial score (nSPS) is 13.9.